The number of halogens is 1. The van der Waals surface area contributed by atoms with Gasteiger partial charge in [0, 0.05) is 35.6 Å². The molecule has 3 aromatic rings. The topological polar surface area (TPSA) is 79.5 Å². The van der Waals surface area contributed by atoms with Crippen LogP contribution in [0.4, 0.5) is 10.1 Å². The van der Waals surface area contributed by atoms with Crippen LogP contribution in [0.15, 0.2) is 54.7 Å². The average molecular weight is 394 g/mol. The summed E-state index contributed by atoms with van der Waals surface area (Å²) in [5.41, 5.74) is 1.39. The quantitative estimate of drug-likeness (QED) is 0.531. The Hall–Kier alpha value is -3.48. The highest BCUT2D eigenvalue weighted by Crippen LogP contribution is 2.28. The first-order chi connectivity index (χ1) is 14.0. The van der Waals surface area contributed by atoms with Crippen molar-refractivity contribution in [2.75, 3.05) is 11.4 Å². The smallest absolute Gasteiger partial charge is 0.312 e. The molecular weight excluding hydrogens is 375 g/mol. The molecule has 7 heteroatoms. The maximum absolute atomic E-state index is 14.0. The number of nitrogens with one attached hydrogen (secondary N) is 1. The fourth-order valence-electron chi connectivity index (χ4n) is 3.59. The van der Waals surface area contributed by atoms with Gasteiger partial charge in [0.2, 0.25) is 11.7 Å². The lowest BCUT2D eigenvalue weighted by atomic mass is 10.1. The molecule has 1 aliphatic heterocycles. The molecule has 1 saturated heterocycles. The van der Waals surface area contributed by atoms with E-state index in [2.05, 4.69) is 4.98 Å². The van der Waals surface area contributed by atoms with Crippen molar-refractivity contribution in [2.45, 2.75) is 19.4 Å². The van der Waals surface area contributed by atoms with E-state index in [-0.39, 0.29) is 30.3 Å². The molecule has 4 rings (SSSR count). The van der Waals surface area contributed by atoms with Crippen LogP contribution in [-0.2, 0) is 14.3 Å². The third-order valence-corrected chi connectivity index (χ3v) is 5.12. The number of Topliss-reactive ketones (excluding diaryl/α,β-unsaturated/α-hetero) is 1. The minimum absolute atomic E-state index is 0.0204. The first kappa shape index (κ1) is 18.9. The second-order valence-electron chi connectivity index (χ2n) is 7.05. The number of esters is 1. The van der Waals surface area contributed by atoms with Gasteiger partial charge in [0.05, 0.1) is 11.6 Å². The Kier molecular flexibility index (Phi) is 4.88. The van der Waals surface area contributed by atoms with Crippen LogP contribution in [0.3, 0.4) is 0 Å². The lowest BCUT2D eigenvalue weighted by Crippen LogP contribution is -2.30. The maximum atomic E-state index is 14.0. The van der Waals surface area contributed by atoms with E-state index in [4.69, 9.17) is 4.74 Å². The molecule has 29 heavy (non-hydrogen) atoms. The Morgan fingerprint density at radius 1 is 1.17 bits per heavy atom. The molecule has 1 aliphatic rings. The van der Waals surface area contributed by atoms with Gasteiger partial charge in [-0.25, -0.2) is 4.39 Å². The zero-order chi connectivity index (χ0) is 20.5. The molecule has 0 saturated carbocycles. The third-order valence-electron chi connectivity index (χ3n) is 5.12. The first-order valence-corrected chi connectivity index (χ1v) is 9.31. The van der Waals surface area contributed by atoms with Crippen molar-refractivity contribution in [1.82, 2.24) is 4.98 Å². The number of anilines is 1. The van der Waals surface area contributed by atoms with E-state index in [1.165, 1.54) is 30.0 Å². The highest BCUT2D eigenvalue weighted by atomic mass is 19.1. The van der Waals surface area contributed by atoms with E-state index in [1.807, 2.05) is 24.3 Å². The summed E-state index contributed by atoms with van der Waals surface area (Å²) in [7, 11) is 0. The number of carbonyl (C=O) groups is 3. The number of benzene rings is 2. The number of ketones is 1. The lowest BCUT2D eigenvalue weighted by Gasteiger charge is -2.18. The van der Waals surface area contributed by atoms with Crippen LogP contribution in [0.1, 0.15) is 23.7 Å². The van der Waals surface area contributed by atoms with E-state index in [0.29, 0.717) is 5.56 Å². The van der Waals surface area contributed by atoms with Gasteiger partial charge in [0.25, 0.3) is 0 Å². The number of nitrogens with zero attached hydrogens (tertiary/aromatic N) is 1. The van der Waals surface area contributed by atoms with Crippen molar-refractivity contribution in [1.29, 1.82) is 0 Å². The Bertz CT molecular complexity index is 1110. The van der Waals surface area contributed by atoms with Crippen LogP contribution in [0.25, 0.3) is 10.9 Å². The van der Waals surface area contributed by atoms with Crippen LogP contribution in [0.2, 0.25) is 0 Å². The molecule has 0 bridgehead atoms. The molecule has 2 aromatic carbocycles. The summed E-state index contributed by atoms with van der Waals surface area (Å²) < 4.78 is 19.3. The van der Waals surface area contributed by atoms with E-state index in [1.54, 1.807) is 12.3 Å². The number of rotatable bonds is 5. The molecule has 1 aromatic heterocycles. The minimum atomic E-state index is -1.00. The summed E-state index contributed by atoms with van der Waals surface area (Å²) in [6.45, 7) is 1.53. The highest BCUT2D eigenvalue weighted by molar-refractivity contribution is 6.10. The Labute approximate surface area is 166 Å². The molecule has 2 heterocycles. The fourth-order valence-corrected chi connectivity index (χ4v) is 3.59. The van der Waals surface area contributed by atoms with Crippen LogP contribution in [0, 0.1) is 11.7 Å². The van der Waals surface area contributed by atoms with Crippen molar-refractivity contribution in [3.63, 3.8) is 0 Å². The predicted octanol–water partition coefficient (Wildman–Crippen LogP) is 3.47. The third kappa shape index (κ3) is 3.51. The van der Waals surface area contributed by atoms with Gasteiger partial charge >= 0.3 is 5.97 Å². The van der Waals surface area contributed by atoms with Crippen molar-refractivity contribution >= 4 is 34.3 Å². The molecule has 148 valence electrons. The van der Waals surface area contributed by atoms with E-state index in [9.17, 15) is 18.8 Å². The first-order valence-electron chi connectivity index (χ1n) is 9.31. The van der Waals surface area contributed by atoms with Crippen molar-refractivity contribution in [3.8, 4) is 0 Å². The zero-order valence-corrected chi connectivity index (χ0v) is 15.7. The summed E-state index contributed by atoms with van der Waals surface area (Å²) in [4.78, 5) is 41.8. The molecule has 0 aliphatic carbocycles. The monoisotopic (exact) mass is 394 g/mol. The zero-order valence-electron chi connectivity index (χ0n) is 15.7. The molecule has 1 amide bonds. The van der Waals surface area contributed by atoms with Gasteiger partial charge in [-0.2, -0.15) is 0 Å². The number of hydrogen-bond donors (Lipinski definition) is 1. The van der Waals surface area contributed by atoms with Gasteiger partial charge in [0.1, 0.15) is 5.82 Å². The molecular formula is C22H19FN2O4. The van der Waals surface area contributed by atoms with Crippen LogP contribution >= 0.6 is 0 Å². The van der Waals surface area contributed by atoms with Gasteiger partial charge in [-0.15, -0.1) is 0 Å². The number of ether oxygens (including phenoxy) is 1. The highest BCUT2D eigenvalue weighted by Gasteiger charge is 2.38. The molecule has 2 atom stereocenters. The van der Waals surface area contributed by atoms with E-state index < -0.39 is 23.8 Å². The number of aromatic nitrogens is 1. The normalized spacial score (nSPS) is 17.5. The van der Waals surface area contributed by atoms with Crippen LogP contribution in [0.5, 0.6) is 0 Å². The fraction of sp³-hybridized carbons (Fsp3) is 0.227. The SMILES string of the molecule is C[C@H](OC(=O)[C@@H]1CC(=O)N(c2ccccc2F)C1)C(=O)c1c[nH]c2ccccc12. The van der Waals surface area contributed by atoms with E-state index in [0.717, 1.165) is 10.9 Å². The number of hydrogen-bond acceptors (Lipinski definition) is 4. The summed E-state index contributed by atoms with van der Waals surface area (Å²) in [6, 6.07) is 13.3. The summed E-state index contributed by atoms with van der Waals surface area (Å²) in [6.07, 6.45) is 0.511. The number of aromatic amines is 1. The number of fused-ring (bicyclic) bond motifs is 1. The summed E-state index contributed by atoms with van der Waals surface area (Å²) in [5, 5.41) is 0.752. The van der Waals surface area contributed by atoms with Crippen molar-refractivity contribution in [3.05, 3.63) is 66.1 Å². The van der Waals surface area contributed by atoms with E-state index >= 15 is 0 Å². The second-order valence-corrected chi connectivity index (χ2v) is 7.05. The maximum Gasteiger partial charge on any atom is 0.312 e. The van der Waals surface area contributed by atoms with Gasteiger partial charge in [-0.1, -0.05) is 30.3 Å². The average Bonchev–Trinajstić information content (AvgIpc) is 3.31. The minimum Gasteiger partial charge on any atom is -0.454 e. The van der Waals surface area contributed by atoms with Crippen molar-refractivity contribution < 1.29 is 23.5 Å². The summed E-state index contributed by atoms with van der Waals surface area (Å²) in [5.74, 6) is -2.60. The van der Waals surface area contributed by atoms with Gasteiger partial charge < -0.3 is 14.6 Å². The Morgan fingerprint density at radius 2 is 1.90 bits per heavy atom. The van der Waals surface area contributed by atoms with Gasteiger partial charge in [-0.3, -0.25) is 14.4 Å². The molecule has 0 unspecified atom stereocenters. The molecule has 6 nitrogen and oxygen atoms in total. The predicted molar refractivity (Wildman–Crippen MR) is 105 cm³/mol. The number of carbonyl (C=O) groups excluding carboxylic acids is 3. The molecule has 1 fully saturated rings. The molecule has 1 N–H and O–H groups in total. The Morgan fingerprint density at radius 3 is 2.69 bits per heavy atom. The number of para-hydroxylation sites is 2. The largest absolute Gasteiger partial charge is 0.454 e. The number of amides is 1. The summed E-state index contributed by atoms with van der Waals surface area (Å²) >= 11 is 0. The number of H-pyrrole nitrogens is 1. The second kappa shape index (κ2) is 7.50. The van der Waals surface area contributed by atoms with Crippen molar-refractivity contribution in [2.24, 2.45) is 5.92 Å². The molecule has 0 radical (unpaired) electrons. The molecule has 0 spiro atoms. The van der Waals surface area contributed by atoms with Crippen LogP contribution in [-0.4, -0.2) is 35.3 Å². The Balaban J connectivity index is 1.45. The standard InChI is InChI=1S/C22H19FN2O4/c1-13(21(27)16-11-24-18-8-4-2-6-15(16)18)29-22(28)14-10-20(26)25(12-14)19-9-5-3-7-17(19)23/h2-9,11,13-14,24H,10,12H2,1H3/t13-,14+/m0/s1. The van der Waals surface area contributed by atoms with Gasteiger partial charge in [0.15, 0.2) is 6.10 Å². The lowest BCUT2D eigenvalue weighted by molar-refractivity contribution is -0.151. The van der Waals surface area contributed by atoms with Gasteiger partial charge in [-0.05, 0) is 25.1 Å². The van der Waals surface area contributed by atoms with Crippen LogP contribution < -0.4 is 4.90 Å².